The molecule has 190 valence electrons. The molecule has 38 heavy (non-hydrogen) atoms. The number of fused-ring (bicyclic) bond motifs is 6. The van der Waals surface area contributed by atoms with Crippen molar-refractivity contribution in [3.63, 3.8) is 0 Å². The van der Waals surface area contributed by atoms with E-state index in [9.17, 15) is 0 Å². The number of hydrogen-bond acceptors (Lipinski definition) is 4. The first-order valence-corrected chi connectivity index (χ1v) is 14.3. The molecule has 0 atom stereocenters. The zero-order valence-electron chi connectivity index (χ0n) is 21.5. The zero-order valence-corrected chi connectivity index (χ0v) is 21.5. The van der Waals surface area contributed by atoms with Crippen LogP contribution in [-0.2, 0) is 0 Å². The second-order valence-electron chi connectivity index (χ2n) is 11.9. The van der Waals surface area contributed by atoms with Gasteiger partial charge in [-0.1, -0.05) is 12.8 Å². The molecule has 5 aromatic rings. The molecule has 5 aromatic carbocycles. The summed E-state index contributed by atoms with van der Waals surface area (Å²) in [4.78, 5) is 0. The Labute approximate surface area is 221 Å². The first kappa shape index (κ1) is 21.3. The van der Waals surface area contributed by atoms with Crippen LogP contribution < -0.4 is 18.9 Å². The van der Waals surface area contributed by atoms with Gasteiger partial charge in [0.2, 0.25) is 0 Å². The lowest BCUT2D eigenvalue weighted by atomic mass is 9.94. The van der Waals surface area contributed by atoms with E-state index < -0.39 is 11.6 Å². The molecule has 2 spiro atoms. The SMILES string of the molecule is c1c2c(cc3cc4cc5cc6cc7c(cc6cc5cc4cc13)OC1(CCCCC1)O7)OC1(CCCCC1)O2. The average Bonchev–Trinajstić information content (AvgIpc) is 3.43. The quantitative estimate of drug-likeness (QED) is 0.198. The summed E-state index contributed by atoms with van der Waals surface area (Å²) in [5.41, 5.74) is 0. The minimum absolute atomic E-state index is 0.448. The van der Waals surface area contributed by atoms with Crippen molar-refractivity contribution in [2.24, 2.45) is 0 Å². The molecular formula is C34H30O4. The van der Waals surface area contributed by atoms with Crippen LogP contribution in [0.5, 0.6) is 23.0 Å². The van der Waals surface area contributed by atoms with Gasteiger partial charge in [-0.2, -0.15) is 0 Å². The van der Waals surface area contributed by atoms with Gasteiger partial charge in [-0.25, -0.2) is 0 Å². The van der Waals surface area contributed by atoms with E-state index in [0.29, 0.717) is 0 Å². The third kappa shape index (κ3) is 3.15. The van der Waals surface area contributed by atoms with Gasteiger partial charge in [0.15, 0.2) is 23.0 Å². The smallest absolute Gasteiger partial charge is 0.251 e. The second kappa shape index (κ2) is 7.47. The van der Waals surface area contributed by atoms with Gasteiger partial charge in [0.25, 0.3) is 11.6 Å². The van der Waals surface area contributed by atoms with Crippen molar-refractivity contribution in [2.45, 2.75) is 75.8 Å². The van der Waals surface area contributed by atoms with Gasteiger partial charge in [0, 0.05) is 25.7 Å². The summed E-state index contributed by atoms with van der Waals surface area (Å²) >= 11 is 0. The highest BCUT2D eigenvalue weighted by atomic mass is 16.7. The fourth-order valence-electron chi connectivity index (χ4n) is 7.27. The van der Waals surface area contributed by atoms with E-state index in [0.717, 1.165) is 48.7 Å². The molecule has 0 radical (unpaired) electrons. The standard InChI is InChI=1S/C34H30O4/c1-3-7-33(8-4-1)35-29-17-25-13-21-11-23-15-27-19-31-32(38-34(37-31)9-5-2-6-10-34)20-28(27)16-24(23)12-22(21)14-26(25)18-30(29)36-33/h11-20H,1-10H2. The zero-order chi connectivity index (χ0) is 24.9. The maximum absolute atomic E-state index is 6.41. The summed E-state index contributed by atoms with van der Waals surface area (Å²) in [5, 5.41) is 9.69. The second-order valence-corrected chi connectivity index (χ2v) is 11.9. The summed E-state index contributed by atoms with van der Waals surface area (Å²) in [6.07, 6.45) is 11.1. The summed E-state index contributed by atoms with van der Waals surface area (Å²) in [5.74, 6) is 2.65. The number of hydrogen-bond donors (Lipinski definition) is 0. The Morgan fingerprint density at radius 2 is 0.553 bits per heavy atom. The van der Waals surface area contributed by atoms with E-state index in [1.54, 1.807) is 0 Å². The van der Waals surface area contributed by atoms with Crippen molar-refractivity contribution in [1.29, 1.82) is 0 Å². The Morgan fingerprint density at radius 3 is 0.816 bits per heavy atom. The van der Waals surface area contributed by atoms with Gasteiger partial charge >= 0.3 is 0 Å². The van der Waals surface area contributed by atoms with E-state index in [1.165, 1.54) is 81.6 Å². The Bertz CT molecular complexity index is 1540. The van der Waals surface area contributed by atoms with E-state index in [1.807, 2.05) is 0 Å². The monoisotopic (exact) mass is 502 g/mol. The van der Waals surface area contributed by atoms with Crippen molar-refractivity contribution in [2.75, 3.05) is 0 Å². The third-order valence-corrected chi connectivity index (χ3v) is 9.25. The van der Waals surface area contributed by atoms with Gasteiger partial charge in [0.1, 0.15) is 0 Å². The van der Waals surface area contributed by atoms with Crippen LogP contribution in [0, 0.1) is 0 Å². The lowest BCUT2D eigenvalue weighted by Gasteiger charge is -2.31. The number of rotatable bonds is 0. The molecular weight excluding hydrogens is 472 g/mol. The van der Waals surface area contributed by atoms with E-state index in [4.69, 9.17) is 18.9 Å². The van der Waals surface area contributed by atoms with Crippen LogP contribution in [-0.4, -0.2) is 11.6 Å². The predicted octanol–water partition coefficient (Wildman–Crippen LogP) is 9.16. The van der Waals surface area contributed by atoms with Gasteiger partial charge in [-0.05, 0) is 129 Å². The van der Waals surface area contributed by atoms with Crippen LogP contribution in [0.2, 0.25) is 0 Å². The number of ether oxygens (including phenoxy) is 4. The molecule has 2 fully saturated rings. The summed E-state index contributed by atoms with van der Waals surface area (Å²) in [6.45, 7) is 0. The predicted molar refractivity (Wildman–Crippen MR) is 151 cm³/mol. The van der Waals surface area contributed by atoms with Crippen molar-refractivity contribution in [3.8, 4) is 23.0 Å². The summed E-state index contributed by atoms with van der Waals surface area (Å²) in [6, 6.07) is 22.4. The molecule has 0 N–H and O–H groups in total. The Balaban J connectivity index is 1.14. The van der Waals surface area contributed by atoms with Crippen LogP contribution in [0.4, 0.5) is 0 Å². The van der Waals surface area contributed by atoms with Gasteiger partial charge in [0.05, 0.1) is 0 Å². The lowest BCUT2D eigenvalue weighted by molar-refractivity contribution is -0.105. The lowest BCUT2D eigenvalue weighted by Crippen LogP contribution is -2.40. The molecule has 4 nitrogen and oxygen atoms in total. The van der Waals surface area contributed by atoms with Crippen molar-refractivity contribution >= 4 is 43.1 Å². The summed E-state index contributed by atoms with van der Waals surface area (Å²) < 4.78 is 25.6. The fraction of sp³-hybridized carbons (Fsp3) is 0.353. The van der Waals surface area contributed by atoms with Crippen molar-refractivity contribution in [3.05, 3.63) is 60.7 Å². The minimum Gasteiger partial charge on any atom is -0.448 e. The van der Waals surface area contributed by atoms with E-state index >= 15 is 0 Å². The van der Waals surface area contributed by atoms with Crippen LogP contribution in [0.15, 0.2) is 60.7 Å². The van der Waals surface area contributed by atoms with Gasteiger partial charge in [-0.15, -0.1) is 0 Å². The molecule has 0 unspecified atom stereocenters. The Morgan fingerprint density at radius 1 is 0.316 bits per heavy atom. The Kier molecular flexibility index (Phi) is 4.18. The average molecular weight is 503 g/mol. The molecule has 2 heterocycles. The van der Waals surface area contributed by atoms with Gasteiger partial charge in [-0.3, -0.25) is 0 Å². The molecule has 4 aliphatic rings. The van der Waals surface area contributed by atoms with Crippen molar-refractivity contribution in [1.82, 2.24) is 0 Å². The van der Waals surface area contributed by atoms with Crippen LogP contribution >= 0.6 is 0 Å². The molecule has 0 aromatic heterocycles. The molecule has 2 saturated carbocycles. The third-order valence-electron chi connectivity index (χ3n) is 9.25. The molecule has 2 aliphatic carbocycles. The highest BCUT2D eigenvalue weighted by molar-refractivity contribution is 6.08. The summed E-state index contributed by atoms with van der Waals surface area (Å²) in [7, 11) is 0. The first-order valence-electron chi connectivity index (χ1n) is 14.3. The van der Waals surface area contributed by atoms with Gasteiger partial charge < -0.3 is 18.9 Å². The topological polar surface area (TPSA) is 36.9 Å². The normalized spacial score (nSPS) is 20.8. The maximum atomic E-state index is 6.41. The maximum Gasteiger partial charge on any atom is 0.251 e. The van der Waals surface area contributed by atoms with E-state index in [-0.39, 0.29) is 0 Å². The molecule has 0 amide bonds. The highest BCUT2D eigenvalue weighted by Crippen LogP contribution is 2.49. The highest BCUT2D eigenvalue weighted by Gasteiger charge is 2.43. The molecule has 0 bridgehead atoms. The molecule has 4 heteroatoms. The van der Waals surface area contributed by atoms with Crippen LogP contribution in [0.25, 0.3) is 43.1 Å². The fourth-order valence-corrected chi connectivity index (χ4v) is 7.27. The molecule has 0 saturated heterocycles. The molecule has 9 rings (SSSR count). The van der Waals surface area contributed by atoms with Crippen LogP contribution in [0.3, 0.4) is 0 Å². The first-order chi connectivity index (χ1) is 18.6. The number of benzene rings is 5. The van der Waals surface area contributed by atoms with E-state index in [2.05, 4.69) is 60.7 Å². The Hall–Kier alpha value is -3.66. The molecule has 2 aliphatic heterocycles. The van der Waals surface area contributed by atoms with Crippen molar-refractivity contribution < 1.29 is 18.9 Å². The van der Waals surface area contributed by atoms with Crippen LogP contribution in [0.1, 0.15) is 64.2 Å². The largest absolute Gasteiger partial charge is 0.448 e. The minimum atomic E-state index is -0.448.